The lowest BCUT2D eigenvalue weighted by Gasteiger charge is -2.34. The van der Waals surface area contributed by atoms with Crippen LogP contribution in [-0.4, -0.2) is 48.9 Å². The fraction of sp³-hybridized carbons (Fsp3) is 0.688. The Morgan fingerprint density at radius 2 is 2.00 bits per heavy atom. The van der Waals surface area contributed by atoms with Crippen molar-refractivity contribution in [2.45, 2.75) is 45.7 Å². The number of furan rings is 1. The average Bonchev–Trinajstić information content (AvgIpc) is 2.85. The summed E-state index contributed by atoms with van der Waals surface area (Å²) in [4.78, 5) is 15.8. The van der Waals surface area contributed by atoms with Crippen molar-refractivity contribution in [1.29, 1.82) is 0 Å². The number of nitrogens with two attached hydrogens (primary N) is 1. The molecule has 0 aliphatic rings. The average molecular weight is 295 g/mol. The summed E-state index contributed by atoms with van der Waals surface area (Å²) < 4.78 is 5.79. The van der Waals surface area contributed by atoms with Gasteiger partial charge in [-0.2, -0.15) is 0 Å². The molecule has 0 aromatic carbocycles. The molecule has 0 saturated carbocycles. The molecular formula is C16H29N3O2. The van der Waals surface area contributed by atoms with E-state index in [9.17, 15) is 4.79 Å². The lowest BCUT2D eigenvalue weighted by atomic mass is 10.0. The monoisotopic (exact) mass is 295 g/mol. The number of amides is 1. The molecule has 1 amide bonds. The standard InChI is InChI=1S/C16H29N3O2/c1-6-10-19(11-15(20)18(4)5)16(13(17)7-2)14-9-8-12(3)21-14/h8-9,13,16H,6-7,10-11,17H2,1-5H3. The van der Waals surface area contributed by atoms with E-state index in [1.165, 1.54) is 0 Å². The molecule has 0 radical (unpaired) electrons. The van der Waals surface area contributed by atoms with Crippen LogP contribution >= 0.6 is 0 Å². The molecule has 2 N–H and O–H groups in total. The Hall–Kier alpha value is -1.33. The molecular weight excluding hydrogens is 266 g/mol. The molecule has 5 nitrogen and oxygen atoms in total. The normalized spacial score (nSPS) is 14.2. The lowest BCUT2D eigenvalue weighted by molar-refractivity contribution is -0.130. The third-order valence-electron chi connectivity index (χ3n) is 3.67. The van der Waals surface area contributed by atoms with E-state index in [-0.39, 0.29) is 18.0 Å². The Labute approximate surface area is 128 Å². The summed E-state index contributed by atoms with van der Waals surface area (Å²) in [6.45, 7) is 7.27. The van der Waals surface area contributed by atoms with Gasteiger partial charge in [0.05, 0.1) is 12.6 Å². The molecule has 1 heterocycles. The van der Waals surface area contributed by atoms with Crippen LogP contribution in [0.4, 0.5) is 0 Å². The molecule has 0 aliphatic carbocycles. The Morgan fingerprint density at radius 1 is 1.33 bits per heavy atom. The first-order chi connectivity index (χ1) is 9.90. The van der Waals surface area contributed by atoms with Gasteiger partial charge in [0.25, 0.3) is 0 Å². The molecule has 120 valence electrons. The zero-order chi connectivity index (χ0) is 16.0. The minimum Gasteiger partial charge on any atom is -0.465 e. The number of hydrogen-bond acceptors (Lipinski definition) is 4. The quantitative estimate of drug-likeness (QED) is 0.798. The highest BCUT2D eigenvalue weighted by molar-refractivity contribution is 5.77. The summed E-state index contributed by atoms with van der Waals surface area (Å²) in [6.07, 6.45) is 1.80. The molecule has 0 spiro atoms. The van der Waals surface area contributed by atoms with Gasteiger partial charge in [0.15, 0.2) is 0 Å². The smallest absolute Gasteiger partial charge is 0.236 e. The summed E-state index contributed by atoms with van der Waals surface area (Å²) in [5, 5.41) is 0. The maximum Gasteiger partial charge on any atom is 0.236 e. The fourth-order valence-electron chi connectivity index (χ4n) is 2.42. The van der Waals surface area contributed by atoms with E-state index in [2.05, 4.69) is 18.7 Å². The van der Waals surface area contributed by atoms with E-state index in [0.29, 0.717) is 6.54 Å². The van der Waals surface area contributed by atoms with Gasteiger partial charge >= 0.3 is 0 Å². The van der Waals surface area contributed by atoms with Gasteiger partial charge in [0, 0.05) is 20.1 Å². The molecule has 2 atom stereocenters. The highest BCUT2D eigenvalue weighted by atomic mass is 16.3. The maximum absolute atomic E-state index is 12.1. The first-order valence-electron chi connectivity index (χ1n) is 7.66. The van der Waals surface area contributed by atoms with Gasteiger partial charge in [0.1, 0.15) is 11.5 Å². The topological polar surface area (TPSA) is 62.7 Å². The number of aryl methyl sites for hydroxylation is 1. The minimum absolute atomic E-state index is 0.0583. The van der Waals surface area contributed by atoms with Crippen molar-refractivity contribution in [1.82, 2.24) is 9.80 Å². The summed E-state index contributed by atoms with van der Waals surface area (Å²) in [7, 11) is 3.55. The molecule has 21 heavy (non-hydrogen) atoms. The van der Waals surface area contributed by atoms with Crippen molar-refractivity contribution in [2.75, 3.05) is 27.2 Å². The second kappa shape index (κ2) is 8.20. The van der Waals surface area contributed by atoms with Gasteiger partial charge in [-0.25, -0.2) is 0 Å². The Balaban J connectivity index is 3.03. The Morgan fingerprint density at radius 3 is 2.43 bits per heavy atom. The Kier molecular flexibility index (Phi) is 6.92. The van der Waals surface area contributed by atoms with E-state index < -0.39 is 0 Å². The van der Waals surface area contributed by atoms with Gasteiger partial charge in [-0.3, -0.25) is 9.69 Å². The molecule has 5 heteroatoms. The van der Waals surface area contributed by atoms with Crippen LogP contribution in [0.15, 0.2) is 16.5 Å². The summed E-state index contributed by atoms with van der Waals surface area (Å²) in [5.41, 5.74) is 6.31. The second-order valence-electron chi connectivity index (χ2n) is 5.72. The molecule has 0 aliphatic heterocycles. The van der Waals surface area contributed by atoms with Crippen LogP contribution < -0.4 is 5.73 Å². The first-order valence-corrected chi connectivity index (χ1v) is 7.66. The molecule has 1 rings (SSSR count). The van der Waals surface area contributed by atoms with Crippen molar-refractivity contribution < 1.29 is 9.21 Å². The Bertz CT molecular complexity index is 442. The van der Waals surface area contributed by atoms with E-state index in [0.717, 1.165) is 30.9 Å². The summed E-state index contributed by atoms with van der Waals surface area (Å²) in [5.74, 6) is 1.80. The van der Waals surface area contributed by atoms with Gasteiger partial charge < -0.3 is 15.1 Å². The highest BCUT2D eigenvalue weighted by Gasteiger charge is 2.29. The molecule has 0 fully saturated rings. The number of hydrogen-bond donors (Lipinski definition) is 1. The predicted molar refractivity (Wildman–Crippen MR) is 85.0 cm³/mol. The largest absolute Gasteiger partial charge is 0.465 e. The van der Waals surface area contributed by atoms with E-state index in [1.54, 1.807) is 19.0 Å². The van der Waals surface area contributed by atoms with Crippen LogP contribution in [0.5, 0.6) is 0 Å². The number of carbonyl (C=O) groups is 1. The van der Waals surface area contributed by atoms with Crippen LogP contribution in [0, 0.1) is 6.92 Å². The van der Waals surface area contributed by atoms with Crippen molar-refractivity contribution in [3.05, 3.63) is 23.7 Å². The predicted octanol–water partition coefficient (Wildman–Crippen LogP) is 2.17. The van der Waals surface area contributed by atoms with Gasteiger partial charge in [-0.15, -0.1) is 0 Å². The molecule has 2 unspecified atom stereocenters. The maximum atomic E-state index is 12.1. The molecule has 0 bridgehead atoms. The van der Waals surface area contributed by atoms with Gasteiger partial charge in [-0.05, 0) is 38.4 Å². The minimum atomic E-state index is -0.0625. The third-order valence-corrected chi connectivity index (χ3v) is 3.67. The van der Waals surface area contributed by atoms with E-state index in [1.807, 2.05) is 19.1 Å². The van der Waals surface area contributed by atoms with Crippen molar-refractivity contribution in [2.24, 2.45) is 5.73 Å². The van der Waals surface area contributed by atoms with Crippen molar-refractivity contribution >= 4 is 5.91 Å². The summed E-state index contributed by atoms with van der Waals surface area (Å²) >= 11 is 0. The van der Waals surface area contributed by atoms with Crippen molar-refractivity contribution in [3.63, 3.8) is 0 Å². The third kappa shape index (κ3) is 4.86. The van der Waals surface area contributed by atoms with Gasteiger partial charge in [0.2, 0.25) is 5.91 Å². The lowest BCUT2D eigenvalue weighted by Crippen LogP contribution is -2.45. The van der Waals surface area contributed by atoms with Crippen LogP contribution in [-0.2, 0) is 4.79 Å². The van der Waals surface area contributed by atoms with Gasteiger partial charge in [-0.1, -0.05) is 13.8 Å². The SMILES string of the molecule is CCCN(CC(=O)N(C)C)C(c1ccc(C)o1)C(N)CC. The van der Waals surface area contributed by atoms with Crippen molar-refractivity contribution in [3.8, 4) is 0 Å². The number of likely N-dealkylation sites (N-methyl/N-ethyl adjacent to an activating group) is 1. The van der Waals surface area contributed by atoms with Crippen LogP contribution in [0.25, 0.3) is 0 Å². The van der Waals surface area contributed by atoms with Crippen LogP contribution in [0.3, 0.4) is 0 Å². The number of carbonyl (C=O) groups excluding carboxylic acids is 1. The summed E-state index contributed by atoms with van der Waals surface area (Å²) in [6, 6.07) is 3.80. The molecule has 1 aromatic heterocycles. The van der Waals surface area contributed by atoms with Crippen LogP contribution in [0.1, 0.15) is 44.3 Å². The number of rotatable bonds is 8. The second-order valence-corrected chi connectivity index (χ2v) is 5.72. The van der Waals surface area contributed by atoms with E-state index in [4.69, 9.17) is 10.2 Å². The zero-order valence-corrected chi connectivity index (χ0v) is 13.9. The fourth-order valence-corrected chi connectivity index (χ4v) is 2.42. The zero-order valence-electron chi connectivity index (χ0n) is 13.9. The molecule has 1 aromatic rings. The van der Waals surface area contributed by atoms with Crippen LogP contribution in [0.2, 0.25) is 0 Å². The molecule has 0 saturated heterocycles. The van der Waals surface area contributed by atoms with E-state index >= 15 is 0 Å². The first kappa shape index (κ1) is 17.7. The number of nitrogens with zero attached hydrogens (tertiary/aromatic N) is 2. The highest BCUT2D eigenvalue weighted by Crippen LogP contribution is 2.27.